The molecule has 0 radical (unpaired) electrons. The van der Waals surface area contributed by atoms with Crippen LogP contribution < -0.4 is 0 Å². The third-order valence-corrected chi connectivity index (χ3v) is 5.60. The molecule has 29 heavy (non-hydrogen) atoms. The van der Waals surface area contributed by atoms with Gasteiger partial charge in [0.25, 0.3) is 0 Å². The van der Waals surface area contributed by atoms with Crippen LogP contribution in [0.4, 0.5) is 0 Å². The third kappa shape index (κ3) is 3.71. The summed E-state index contributed by atoms with van der Waals surface area (Å²) >= 11 is 0. The van der Waals surface area contributed by atoms with E-state index in [1.807, 2.05) is 18.5 Å². The lowest BCUT2D eigenvalue weighted by Crippen LogP contribution is -2.30. The molecule has 2 aromatic carbocycles. The van der Waals surface area contributed by atoms with Crippen molar-refractivity contribution in [1.29, 1.82) is 0 Å². The molecular weight excluding hydrogens is 358 g/mol. The van der Waals surface area contributed by atoms with Gasteiger partial charge in [-0.15, -0.1) is 0 Å². The Morgan fingerprint density at radius 2 is 1.62 bits per heavy atom. The number of fused-ring (bicyclic) bond motifs is 1. The number of pyridine rings is 1. The molecule has 0 saturated carbocycles. The molecule has 1 aliphatic heterocycles. The predicted octanol–water partition coefficient (Wildman–Crippen LogP) is 4.81. The lowest BCUT2D eigenvalue weighted by molar-refractivity contribution is 0.228. The minimum absolute atomic E-state index is 0.0724. The molecule has 0 amide bonds. The molecular formula is C25H23N3O. The smallest absolute Gasteiger partial charge is 0.142 e. The fraction of sp³-hybridized carbons (Fsp3) is 0.200. The second-order valence-electron chi connectivity index (χ2n) is 7.55. The highest BCUT2D eigenvalue weighted by Gasteiger charge is 2.30. The van der Waals surface area contributed by atoms with E-state index in [4.69, 9.17) is 4.52 Å². The van der Waals surface area contributed by atoms with Crippen molar-refractivity contribution in [1.82, 2.24) is 15.0 Å². The minimum atomic E-state index is 0.0724. The number of aromatic nitrogens is 2. The molecule has 4 aromatic rings. The minimum Gasteiger partial charge on any atom is -0.361 e. The highest BCUT2D eigenvalue weighted by atomic mass is 16.5. The van der Waals surface area contributed by atoms with Crippen molar-refractivity contribution in [3.63, 3.8) is 0 Å². The predicted molar refractivity (Wildman–Crippen MR) is 112 cm³/mol. The first-order valence-corrected chi connectivity index (χ1v) is 10.1. The first-order chi connectivity index (χ1) is 14.4. The molecule has 0 aliphatic carbocycles. The van der Waals surface area contributed by atoms with Crippen LogP contribution in [0.3, 0.4) is 0 Å². The zero-order valence-corrected chi connectivity index (χ0v) is 16.2. The Bertz CT molecular complexity index is 1020. The Kier molecular flexibility index (Phi) is 4.93. The largest absolute Gasteiger partial charge is 0.361 e. The van der Waals surface area contributed by atoms with E-state index in [0.29, 0.717) is 0 Å². The Hall–Kier alpha value is -3.24. The molecule has 4 heteroatoms. The van der Waals surface area contributed by atoms with E-state index in [1.54, 1.807) is 0 Å². The van der Waals surface area contributed by atoms with Gasteiger partial charge in [-0.3, -0.25) is 9.88 Å². The number of rotatable bonds is 5. The van der Waals surface area contributed by atoms with Gasteiger partial charge in [0.1, 0.15) is 11.5 Å². The van der Waals surface area contributed by atoms with E-state index in [-0.39, 0.29) is 5.92 Å². The molecule has 144 valence electrons. The molecule has 0 unspecified atom stereocenters. The first-order valence-electron chi connectivity index (χ1n) is 10.1. The van der Waals surface area contributed by atoms with E-state index in [9.17, 15) is 0 Å². The second-order valence-corrected chi connectivity index (χ2v) is 7.55. The summed E-state index contributed by atoms with van der Waals surface area (Å²) in [4.78, 5) is 6.70. The molecule has 0 spiro atoms. The van der Waals surface area contributed by atoms with Crippen molar-refractivity contribution in [3.8, 4) is 0 Å². The van der Waals surface area contributed by atoms with E-state index in [2.05, 4.69) is 81.8 Å². The van der Waals surface area contributed by atoms with Gasteiger partial charge in [0.05, 0.1) is 5.92 Å². The molecule has 5 rings (SSSR count). The van der Waals surface area contributed by atoms with Gasteiger partial charge in [-0.05, 0) is 22.8 Å². The Labute approximate surface area is 170 Å². The van der Waals surface area contributed by atoms with Crippen LogP contribution in [0.2, 0.25) is 0 Å². The SMILES string of the molecule is c1ccc(C(c2ccccc2)c2noc3c2CN(Cc2cccnc2)CC3)cc1. The summed E-state index contributed by atoms with van der Waals surface area (Å²) in [6, 6.07) is 25.3. The number of hydrogen-bond acceptors (Lipinski definition) is 4. The Morgan fingerprint density at radius 1 is 0.897 bits per heavy atom. The van der Waals surface area contributed by atoms with Crippen LogP contribution in [-0.2, 0) is 19.5 Å². The summed E-state index contributed by atoms with van der Waals surface area (Å²) in [5, 5.41) is 4.58. The van der Waals surface area contributed by atoms with Gasteiger partial charge < -0.3 is 4.52 Å². The standard InChI is InChI=1S/C25H23N3O/c1-3-9-20(10-4-1)24(21-11-5-2-6-12-21)25-22-18-28(15-13-23(22)29-27-25)17-19-8-7-14-26-16-19/h1-12,14,16,24H,13,15,17-18H2. The number of nitrogens with zero attached hydrogens (tertiary/aromatic N) is 3. The van der Waals surface area contributed by atoms with Crippen molar-refractivity contribution < 1.29 is 4.52 Å². The van der Waals surface area contributed by atoms with Gasteiger partial charge in [0.2, 0.25) is 0 Å². The van der Waals surface area contributed by atoms with E-state index < -0.39 is 0 Å². The molecule has 0 bridgehead atoms. The average Bonchev–Trinajstić information content (AvgIpc) is 3.19. The lowest BCUT2D eigenvalue weighted by Gasteiger charge is -2.27. The molecule has 1 aliphatic rings. The van der Waals surface area contributed by atoms with Crippen molar-refractivity contribution in [2.45, 2.75) is 25.4 Å². The molecule has 0 fully saturated rings. The van der Waals surface area contributed by atoms with Gasteiger partial charge in [-0.1, -0.05) is 71.9 Å². The fourth-order valence-electron chi connectivity index (χ4n) is 4.20. The average molecular weight is 381 g/mol. The second kappa shape index (κ2) is 8.02. The summed E-state index contributed by atoms with van der Waals surface area (Å²) in [6.45, 7) is 2.70. The van der Waals surface area contributed by atoms with Crippen LogP contribution in [0, 0.1) is 0 Å². The molecule has 2 aromatic heterocycles. The van der Waals surface area contributed by atoms with Gasteiger partial charge >= 0.3 is 0 Å². The van der Waals surface area contributed by atoms with Crippen molar-refractivity contribution in [3.05, 3.63) is 119 Å². The van der Waals surface area contributed by atoms with Crippen LogP contribution in [0.5, 0.6) is 0 Å². The van der Waals surface area contributed by atoms with Gasteiger partial charge in [0.15, 0.2) is 0 Å². The lowest BCUT2D eigenvalue weighted by atomic mass is 9.85. The van der Waals surface area contributed by atoms with Crippen LogP contribution in [0.25, 0.3) is 0 Å². The molecule has 4 nitrogen and oxygen atoms in total. The maximum Gasteiger partial charge on any atom is 0.142 e. The summed E-state index contributed by atoms with van der Waals surface area (Å²) in [5.41, 5.74) is 5.97. The van der Waals surface area contributed by atoms with Crippen LogP contribution in [-0.4, -0.2) is 21.6 Å². The van der Waals surface area contributed by atoms with Crippen LogP contribution in [0.1, 0.15) is 39.6 Å². The normalized spacial score (nSPS) is 14.1. The number of hydrogen-bond donors (Lipinski definition) is 0. The van der Waals surface area contributed by atoms with E-state index >= 15 is 0 Å². The van der Waals surface area contributed by atoms with Crippen molar-refractivity contribution in [2.75, 3.05) is 6.54 Å². The highest BCUT2D eigenvalue weighted by molar-refractivity contribution is 5.44. The summed E-state index contributed by atoms with van der Waals surface area (Å²) in [6.07, 6.45) is 4.65. The molecule has 3 heterocycles. The Balaban J connectivity index is 1.50. The van der Waals surface area contributed by atoms with E-state index in [1.165, 1.54) is 22.3 Å². The molecule has 0 saturated heterocycles. The third-order valence-electron chi connectivity index (χ3n) is 5.60. The van der Waals surface area contributed by atoms with Gasteiger partial charge in [-0.2, -0.15) is 0 Å². The topological polar surface area (TPSA) is 42.2 Å². The van der Waals surface area contributed by atoms with Gasteiger partial charge in [0, 0.05) is 44.0 Å². The van der Waals surface area contributed by atoms with Gasteiger partial charge in [-0.25, -0.2) is 0 Å². The maximum atomic E-state index is 5.82. The fourth-order valence-corrected chi connectivity index (χ4v) is 4.20. The van der Waals surface area contributed by atoms with Crippen LogP contribution in [0.15, 0.2) is 89.7 Å². The summed E-state index contributed by atoms with van der Waals surface area (Å²) in [5.74, 6) is 1.10. The Morgan fingerprint density at radius 3 is 2.28 bits per heavy atom. The molecule has 0 N–H and O–H groups in total. The van der Waals surface area contributed by atoms with Crippen molar-refractivity contribution in [2.24, 2.45) is 0 Å². The highest BCUT2D eigenvalue weighted by Crippen LogP contribution is 2.36. The zero-order chi connectivity index (χ0) is 19.5. The summed E-state index contributed by atoms with van der Waals surface area (Å²) in [7, 11) is 0. The zero-order valence-electron chi connectivity index (χ0n) is 16.2. The maximum absolute atomic E-state index is 5.82. The van der Waals surface area contributed by atoms with Crippen molar-refractivity contribution >= 4 is 0 Å². The first kappa shape index (κ1) is 17.8. The van der Waals surface area contributed by atoms with Crippen LogP contribution >= 0.6 is 0 Å². The quantitative estimate of drug-likeness (QED) is 0.498. The summed E-state index contributed by atoms with van der Waals surface area (Å²) < 4.78 is 5.82. The molecule has 0 atom stereocenters. The number of benzene rings is 2. The monoisotopic (exact) mass is 381 g/mol. The van der Waals surface area contributed by atoms with E-state index in [0.717, 1.165) is 37.5 Å².